The minimum Gasteiger partial charge on any atom is -0.378 e. The van der Waals surface area contributed by atoms with Crippen molar-refractivity contribution in [2.45, 2.75) is 20.8 Å². The van der Waals surface area contributed by atoms with Crippen LogP contribution in [0.25, 0.3) is 5.57 Å². The van der Waals surface area contributed by atoms with E-state index in [4.69, 9.17) is 11.6 Å². The average molecular weight is 460 g/mol. The van der Waals surface area contributed by atoms with E-state index in [0.717, 1.165) is 28.1 Å². The first-order chi connectivity index (χ1) is 15.7. The largest absolute Gasteiger partial charge is 0.378 e. The third kappa shape index (κ3) is 4.24. The molecule has 168 valence electrons. The van der Waals surface area contributed by atoms with Gasteiger partial charge in [-0.3, -0.25) is 9.59 Å². The van der Waals surface area contributed by atoms with Crippen LogP contribution in [0.3, 0.4) is 0 Å². The molecule has 0 saturated heterocycles. The van der Waals surface area contributed by atoms with Crippen LogP contribution in [0.1, 0.15) is 22.3 Å². The zero-order valence-electron chi connectivity index (χ0n) is 19.4. The Labute approximate surface area is 199 Å². The molecular formula is C27H26ClN3O2. The topological polar surface area (TPSA) is 52.7 Å². The zero-order chi connectivity index (χ0) is 23.9. The molecule has 0 fully saturated rings. The Morgan fingerprint density at radius 2 is 1.45 bits per heavy atom. The van der Waals surface area contributed by atoms with E-state index in [9.17, 15) is 9.59 Å². The van der Waals surface area contributed by atoms with Crippen LogP contribution in [0, 0.1) is 20.8 Å². The SMILES string of the molecule is Cc1ccc(C2=C(Nc3ccc(N(C)C)cc3)C(=O)N(c3cc(Cl)ccc3C)C2=O)cc1C. The Bertz CT molecular complexity index is 1290. The standard InChI is InChI=1S/C27H26ClN3O2/c1-16-6-8-19(14-18(16)3)24-25(29-21-10-12-22(13-11-21)30(4)5)27(33)31(26(24)32)23-15-20(28)9-7-17(23)2/h6-15,29H,1-5H3. The summed E-state index contributed by atoms with van der Waals surface area (Å²) in [6, 6.07) is 18.7. The van der Waals surface area contributed by atoms with E-state index in [1.807, 2.05) is 82.2 Å². The molecule has 0 saturated carbocycles. The number of nitrogens with zero attached hydrogens (tertiary/aromatic N) is 2. The van der Waals surface area contributed by atoms with Gasteiger partial charge in [0.25, 0.3) is 11.8 Å². The Balaban J connectivity index is 1.83. The van der Waals surface area contributed by atoms with E-state index in [1.54, 1.807) is 18.2 Å². The van der Waals surface area contributed by atoms with Crippen molar-refractivity contribution in [1.82, 2.24) is 0 Å². The molecule has 0 unspecified atom stereocenters. The molecule has 4 rings (SSSR count). The number of aryl methyl sites for hydroxylation is 3. The monoisotopic (exact) mass is 459 g/mol. The molecule has 1 heterocycles. The lowest BCUT2D eigenvalue weighted by atomic mass is 9.99. The van der Waals surface area contributed by atoms with E-state index in [2.05, 4.69) is 5.32 Å². The summed E-state index contributed by atoms with van der Waals surface area (Å²) in [4.78, 5) is 30.5. The second kappa shape index (κ2) is 8.75. The molecule has 3 aromatic rings. The molecule has 0 bridgehead atoms. The summed E-state index contributed by atoms with van der Waals surface area (Å²) < 4.78 is 0. The van der Waals surface area contributed by atoms with Gasteiger partial charge in [0, 0.05) is 30.5 Å². The van der Waals surface area contributed by atoms with Crippen molar-refractivity contribution >= 4 is 46.1 Å². The van der Waals surface area contributed by atoms with Crippen molar-refractivity contribution in [3.05, 3.63) is 93.6 Å². The van der Waals surface area contributed by atoms with Gasteiger partial charge in [0.2, 0.25) is 0 Å². The van der Waals surface area contributed by atoms with Crippen LogP contribution in [0.2, 0.25) is 5.02 Å². The van der Waals surface area contributed by atoms with Gasteiger partial charge in [-0.15, -0.1) is 0 Å². The summed E-state index contributed by atoms with van der Waals surface area (Å²) >= 11 is 6.21. The van der Waals surface area contributed by atoms with Gasteiger partial charge in [-0.2, -0.15) is 0 Å². The summed E-state index contributed by atoms with van der Waals surface area (Å²) in [5.74, 6) is -0.781. The number of imide groups is 1. The maximum absolute atomic E-state index is 13.7. The highest BCUT2D eigenvalue weighted by Crippen LogP contribution is 2.36. The van der Waals surface area contributed by atoms with Crippen LogP contribution in [0.15, 0.2) is 66.4 Å². The van der Waals surface area contributed by atoms with Gasteiger partial charge in [0.1, 0.15) is 5.70 Å². The molecular weight excluding hydrogens is 434 g/mol. The third-order valence-corrected chi connectivity index (χ3v) is 6.18. The highest BCUT2D eigenvalue weighted by atomic mass is 35.5. The number of halogens is 1. The van der Waals surface area contributed by atoms with Gasteiger partial charge in [-0.05, 0) is 79.4 Å². The lowest BCUT2D eigenvalue weighted by Gasteiger charge is -2.18. The van der Waals surface area contributed by atoms with Gasteiger partial charge >= 0.3 is 0 Å². The molecule has 3 aromatic carbocycles. The van der Waals surface area contributed by atoms with Gasteiger partial charge < -0.3 is 10.2 Å². The fourth-order valence-corrected chi connectivity index (χ4v) is 4.01. The van der Waals surface area contributed by atoms with Crippen LogP contribution >= 0.6 is 11.6 Å². The van der Waals surface area contributed by atoms with Crippen molar-refractivity contribution < 1.29 is 9.59 Å². The molecule has 1 aliphatic heterocycles. The fourth-order valence-electron chi connectivity index (χ4n) is 3.84. The lowest BCUT2D eigenvalue weighted by molar-refractivity contribution is -0.120. The van der Waals surface area contributed by atoms with E-state index >= 15 is 0 Å². The first-order valence-electron chi connectivity index (χ1n) is 10.7. The zero-order valence-corrected chi connectivity index (χ0v) is 20.1. The Morgan fingerprint density at radius 3 is 2.09 bits per heavy atom. The number of nitrogens with one attached hydrogen (secondary N) is 1. The summed E-state index contributed by atoms with van der Waals surface area (Å²) in [5, 5.41) is 3.68. The Hall–Kier alpha value is -3.57. The van der Waals surface area contributed by atoms with Crippen molar-refractivity contribution in [1.29, 1.82) is 0 Å². The summed E-state index contributed by atoms with van der Waals surface area (Å²) in [5.41, 5.74) is 6.50. The normalized spacial score (nSPS) is 13.7. The third-order valence-electron chi connectivity index (χ3n) is 5.94. The molecule has 1 N–H and O–H groups in total. The molecule has 33 heavy (non-hydrogen) atoms. The number of rotatable bonds is 5. The Kier molecular flexibility index (Phi) is 6.00. The van der Waals surface area contributed by atoms with E-state index in [1.165, 1.54) is 4.90 Å². The van der Waals surface area contributed by atoms with Gasteiger partial charge in [-0.25, -0.2) is 4.90 Å². The van der Waals surface area contributed by atoms with E-state index < -0.39 is 5.91 Å². The number of carbonyl (C=O) groups is 2. The molecule has 0 aliphatic carbocycles. The molecule has 1 aliphatic rings. The Morgan fingerprint density at radius 1 is 0.788 bits per heavy atom. The predicted molar refractivity (Wildman–Crippen MR) is 136 cm³/mol. The van der Waals surface area contributed by atoms with Crippen molar-refractivity contribution in [3.63, 3.8) is 0 Å². The molecule has 5 nitrogen and oxygen atoms in total. The van der Waals surface area contributed by atoms with Crippen LogP contribution in [-0.4, -0.2) is 25.9 Å². The summed E-state index contributed by atoms with van der Waals surface area (Å²) in [7, 11) is 3.93. The average Bonchev–Trinajstić information content (AvgIpc) is 3.01. The van der Waals surface area contributed by atoms with Crippen LogP contribution in [0.5, 0.6) is 0 Å². The maximum atomic E-state index is 13.7. The number of carbonyl (C=O) groups excluding carboxylic acids is 2. The molecule has 6 heteroatoms. The van der Waals surface area contributed by atoms with Crippen molar-refractivity contribution in [2.24, 2.45) is 0 Å². The first kappa shape index (κ1) is 22.6. The van der Waals surface area contributed by atoms with E-state index in [-0.39, 0.29) is 11.6 Å². The molecule has 0 aromatic heterocycles. The van der Waals surface area contributed by atoms with Gasteiger partial charge in [0.15, 0.2) is 0 Å². The fraction of sp³-hybridized carbons (Fsp3) is 0.185. The van der Waals surface area contributed by atoms with Crippen LogP contribution in [0.4, 0.5) is 17.1 Å². The predicted octanol–water partition coefficient (Wildman–Crippen LogP) is 5.73. The second-order valence-corrected chi connectivity index (χ2v) is 8.93. The van der Waals surface area contributed by atoms with Crippen LogP contribution < -0.4 is 15.1 Å². The highest BCUT2D eigenvalue weighted by Gasteiger charge is 2.41. The molecule has 0 radical (unpaired) electrons. The summed E-state index contributed by atoms with van der Waals surface area (Å²) in [6.07, 6.45) is 0. The number of benzene rings is 3. The molecule has 2 amide bonds. The highest BCUT2D eigenvalue weighted by molar-refractivity contribution is 6.46. The maximum Gasteiger partial charge on any atom is 0.282 e. The minimum atomic E-state index is -0.407. The number of hydrogen-bond donors (Lipinski definition) is 1. The van der Waals surface area contributed by atoms with Gasteiger partial charge in [-0.1, -0.05) is 35.9 Å². The summed E-state index contributed by atoms with van der Waals surface area (Å²) in [6.45, 7) is 5.86. The second-order valence-electron chi connectivity index (χ2n) is 8.49. The minimum absolute atomic E-state index is 0.250. The van der Waals surface area contributed by atoms with Gasteiger partial charge in [0.05, 0.1) is 11.3 Å². The number of anilines is 3. The lowest BCUT2D eigenvalue weighted by Crippen LogP contribution is -2.33. The number of amides is 2. The van der Waals surface area contributed by atoms with E-state index in [0.29, 0.717) is 21.8 Å². The molecule has 0 atom stereocenters. The number of hydrogen-bond acceptors (Lipinski definition) is 4. The first-order valence-corrected chi connectivity index (χ1v) is 11.1. The van der Waals surface area contributed by atoms with Crippen molar-refractivity contribution in [2.75, 3.05) is 29.2 Å². The smallest absolute Gasteiger partial charge is 0.282 e. The molecule has 0 spiro atoms. The quantitative estimate of drug-likeness (QED) is 0.495. The van der Waals surface area contributed by atoms with Crippen molar-refractivity contribution in [3.8, 4) is 0 Å². The van der Waals surface area contributed by atoms with Crippen LogP contribution in [-0.2, 0) is 9.59 Å².